The molecule has 0 heterocycles. The fourth-order valence-electron chi connectivity index (χ4n) is 3.25. The van der Waals surface area contributed by atoms with Crippen LogP contribution in [0.4, 0.5) is 0 Å². The Balaban J connectivity index is 1.50. The summed E-state index contributed by atoms with van der Waals surface area (Å²) in [4.78, 5) is 0. The molecule has 0 amide bonds. The number of hydrogen-bond acceptors (Lipinski definition) is 5. The van der Waals surface area contributed by atoms with Gasteiger partial charge in [-0.1, -0.05) is 12.1 Å². The van der Waals surface area contributed by atoms with E-state index in [1.807, 2.05) is 24.3 Å². The minimum absolute atomic E-state index is 0.410. The summed E-state index contributed by atoms with van der Waals surface area (Å²) >= 11 is 0. The maximum Gasteiger partial charge on any atom is 0.161 e. The fraction of sp³-hybridized carbons (Fsp3) is 0.400. The summed E-state index contributed by atoms with van der Waals surface area (Å²) in [6.45, 7) is 1.38. The van der Waals surface area contributed by atoms with Gasteiger partial charge in [0.15, 0.2) is 23.0 Å². The molecule has 0 fully saturated rings. The molecule has 0 saturated heterocycles. The lowest BCUT2D eigenvalue weighted by Gasteiger charge is -2.14. The van der Waals surface area contributed by atoms with E-state index in [1.54, 1.807) is 21.3 Å². The van der Waals surface area contributed by atoms with Crippen LogP contribution >= 0.6 is 0 Å². The Bertz CT molecular complexity index is 684. The highest BCUT2D eigenvalue weighted by Gasteiger charge is 2.23. The molecule has 1 aliphatic rings. The van der Waals surface area contributed by atoms with Crippen molar-refractivity contribution >= 4 is 0 Å². The smallest absolute Gasteiger partial charge is 0.161 e. The van der Waals surface area contributed by atoms with Crippen molar-refractivity contribution in [3.63, 3.8) is 0 Å². The third kappa shape index (κ3) is 3.99. The summed E-state index contributed by atoms with van der Waals surface area (Å²) < 4.78 is 21.9. The number of hydrogen-bond donors (Lipinski definition) is 1. The SMILES string of the molecule is COc1cc2c(cc1OC)CC(NCCOc1ccccc1OC)C2. The maximum atomic E-state index is 5.81. The molecular weight excluding hydrogens is 318 g/mol. The van der Waals surface area contributed by atoms with E-state index in [1.165, 1.54) is 11.1 Å². The van der Waals surface area contributed by atoms with Crippen LogP contribution in [0.1, 0.15) is 11.1 Å². The van der Waals surface area contributed by atoms with Gasteiger partial charge in [0.1, 0.15) is 6.61 Å². The van der Waals surface area contributed by atoms with Crippen molar-refractivity contribution in [1.29, 1.82) is 0 Å². The molecule has 0 radical (unpaired) electrons. The van der Waals surface area contributed by atoms with E-state index in [2.05, 4.69) is 17.4 Å². The van der Waals surface area contributed by atoms with Gasteiger partial charge < -0.3 is 24.3 Å². The Hall–Kier alpha value is -2.40. The largest absolute Gasteiger partial charge is 0.493 e. The van der Waals surface area contributed by atoms with E-state index >= 15 is 0 Å². The molecule has 1 N–H and O–H groups in total. The van der Waals surface area contributed by atoms with Crippen molar-refractivity contribution in [2.45, 2.75) is 18.9 Å². The molecule has 0 unspecified atom stereocenters. The van der Waals surface area contributed by atoms with Crippen LogP contribution in [0.2, 0.25) is 0 Å². The molecule has 5 heteroatoms. The third-order valence-corrected chi connectivity index (χ3v) is 4.50. The molecule has 0 saturated carbocycles. The first kappa shape index (κ1) is 17.4. The molecule has 0 aromatic heterocycles. The van der Waals surface area contributed by atoms with Crippen LogP contribution in [0.25, 0.3) is 0 Å². The van der Waals surface area contributed by atoms with Crippen molar-refractivity contribution in [2.24, 2.45) is 0 Å². The average molecular weight is 343 g/mol. The Morgan fingerprint density at radius 1 is 0.840 bits per heavy atom. The van der Waals surface area contributed by atoms with Crippen molar-refractivity contribution in [3.8, 4) is 23.0 Å². The van der Waals surface area contributed by atoms with Gasteiger partial charge in [0.2, 0.25) is 0 Å². The summed E-state index contributed by atoms with van der Waals surface area (Å²) in [6, 6.07) is 12.3. The van der Waals surface area contributed by atoms with Gasteiger partial charge in [-0.15, -0.1) is 0 Å². The molecular formula is C20H25NO4. The van der Waals surface area contributed by atoms with Crippen LogP contribution < -0.4 is 24.3 Å². The van der Waals surface area contributed by atoms with Crippen LogP contribution in [0.15, 0.2) is 36.4 Å². The van der Waals surface area contributed by atoms with E-state index in [9.17, 15) is 0 Å². The van der Waals surface area contributed by atoms with Crippen molar-refractivity contribution in [2.75, 3.05) is 34.5 Å². The van der Waals surface area contributed by atoms with Gasteiger partial charge in [0.25, 0.3) is 0 Å². The monoisotopic (exact) mass is 343 g/mol. The molecule has 5 nitrogen and oxygen atoms in total. The van der Waals surface area contributed by atoms with Crippen molar-refractivity contribution in [3.05, 3.63) is 47.5 Å². The second kappa shape index (κ2) is 8.12. The second-order valence-corrected chi connectivity index (χ2v) is 6.03. The minimum atomic E-state index is 0.410. The van der Waals surface area contributed by atoms with Crippen molar-refractivity contribution in [1.82, 2.24) is 5.32 Å². The molecule has 0 aliphatic heterocycles. The number of rotatable bonds is 8. The second-order valence-electron chi connectivity index (χ2n) is 6.03. The lowest BCUT2D eigenvalue weighted by atomic mass is 10.1. The van der Waals surface area contributed by atoms with Gasteiger partial charge in [0.05, 0.1) is 21.3 Å². The van der Waals surface area contributed by atoms with Gasteiger partial charge in [-0.3, -0.25) is 0 Å². The Morgan fingerprint density at radius 3 is 1.96 bits per heavy atom. The molecule has 25 heavy (non-hydrogen) atoms. The first-order chi connectivity index (χ1) is 12.2. The zero-order chi connectivity index (χ0) is 17.6. The first-order valence-corrected chi connectivity index (χ1v) is 8.48. The van der Waals surface area contributed by atoms with E-state index in [-0.39, 0.29) is 0 Å². The predicted molar refractivity (Wildman–Crippen MR) is 97.2 cm³/mol. The molecule has 2 aromatic carbocycles. The predicted octanol–water partition coefficient (Wildman–Crippen LogP) is 2.85. The van der Waals surface area contributed by atoms with Gasteiger partial charge in [-0.2, -0.15) is 0 Å². The molecule has 0 atom stereocenters. The number of para-hydroxylation sites is 2. The molecule has 2 aromatic rings. The average Bonchev–Trinajstić information content (AvgIpc) is 3.05. The van der Waals surface area contributed by atoms with E-state index in [0.29, 0.717) is 12.6 Å². The highest BCUT2D eigenvalue weighted by Crippen LogP contribution is 2.34. The zero-order valence-electron chi connectivity index (χ0n) is 15.0. The fourth-order valence-corrected chi connectivity index (χ4v) is 3.25. The topological polar surface area (TPSA) is 49.0 Å². The molecule has 0 spiro atoms. The Kier molecular flexibility index (Phi) is 5.66. The molecule has 1 aliphatic carbocycles. The number of fused-ring (bicyclic) bond motifs is 1. The lowest BCUT2D eigenvalue weighted by Crippen LogP contribution is -2.33. The summed E-state index contributed by atoms with van der Waals surface area (Å²) in [5, 5.41) is 3.56. The number of nitrogens with one attached hydrogen (secondary N) is 1. The van der Waals surface area contributed by atoms with E-state index in [0.717, 1.165) is 42.4 Å². The summed E-state index contributed by atoms with van der Waals surface area (Å²) in [7, 11) is 4.99. The molecule has 0 bridgehead atoms. The molecule has 3 rings (SSSR count). The third-order valence-electron chi connectivity index (χ3n) is 4.50. The van der Waals surface area contributed by atoms with Gasteiger partial charge in [-0.05, 0) is 48.2 Å². The standard InChI is InChI=1S/C20H25NO4/c1-22-17-6-4-5-7-18(17)25-9-8-21-16-10-14-12-19(23-2)20(24-3)13-15(14)11-16/h4-7,12-13,16,21H,8-11H2,1-3H3. The van der Waals surface area contributed by atoms with Crippen LogP contribution in [0.5, 0.6) is 23.0 Å². The highest BCUT2D eigenvalue weighted by molar-refractivity contribution is 5.49. The molecule has 134 valence electrons. The summed E-state index contributed by atoms with van der Waals surface area (Å²) in [5.41, 5.74) is 2.64. The number of benzene rings is 2. The summed E-state index contributed by atoms with van der Waals surface area (Å²) in [6.07, 6.45) is 1.98. The number of ether oxygens (including phenoxy) is 4. The maximum absolute atomic E-state index is 5.81. The van der Waals surface area contributed by atoms with E-state index in [4.69, 9.17) is 18.9 Å². The first-order valence-electron chi connectivity index (χ1n) is 8.48. The van der Waals surface area contributed by atoms with Crippen LogP contribution in [0.3, 0.4) is 0 Å². The minimum Gasteiger partial charge on any atom is -0.493 e. The van der Waals surface area contributed by atoms with Gasteiger partial charge >= 0.3 is 0 Å². The van der Waals surface area contributed by atoms with Crippen LogP contribution in [-0.4, -0.2) is 40.5 Å². The van der Waals surface area contributed by atoms with E-state index < -0.39 is 0 Å². The Labute approximate surface area is 148 Å². The summed E-state index contributed by atoms with van der Waals surface area (Å²) in [5.74, 6) is 3.12. The van der Waals surface area contributed by atoms with Crippen molar-refractivity contribution < 1.29 is 18.9 Å². The number of methoxy groups -OCH3 is 3. The zero-order valence-corrected chi connectivity index (χ0v) is 15.0. The quantitative estimate of drug-likeness (QED) is 0.747. The van der Waals surface area contributed by atoms with Gasteiger partial charge in [0, 0.05) is 12.6 Å². The lowest BCUT2D eigenvalue weighted by molar-refractivity contribution is 0.286. The Morgan fingerprint density at radius 2 is 1.40 bits per heavy atom. The van der Waals surface area contributed by atoms with Crippen LogP contribution in [-0.2, 0) is 12.8 Å². The van der Waals surface area contributed by atoms with Gasteiger partial charge in [-0.25, -0.2) is 0 Å². The normalized spacial score (nSPS) is 13.4. The van der Waals surface area contributed by atoms with Crippen LogP contribution in [0, 0.1) is 0 Å². The highest BCUT2D eigenvalue weighted by atomic mass is 16.5.